The van der Waals surface area contributed by atoms with Crippen molar-refractivity contribution in [3.05, 3.63) is 64.7 Å². The van der Waals surface area contributed by atoms with E-state index in [0.717, 1.165) is 12.1 Å². The fourth-order valence-electron chi connectivity index (χ4n) is 2.40. The van der Waals surface area contributed by atoms with Gasteiger partial charge >= 0.3 is 6.18 Å². The van der Waals surface area contributed by atoms with Gasteiger partial charge in [0.05, 0.1) is 17.0 Å². The molecule has 3 N–H and O–H groups in total. The lowest BCUT2D eigenvalue weighted by Crippen LogP contribution is -2.21. The second-order valence-electron chi connectivity index (χ2n) is 5.53. The molecular weight excluding hydrogens is 369 g/mol. The first kappa shape index (κ1) is 20.1. The summed E-state index contributed by atoms with van der Waals surface area (Å²) >= 11 is 0. The Bertz CT molecular complexity index is 908. The van der Waals surface area contributed by atoms with Gasteiger partial charge in [0, 0.05) is 5.56 Å². The zero-order chi connectivity index (χ0) is 19.5. The minimum Gasteiger partial charge on any atom is -0.324 e. The molecule has 0 saturated carbocycles. The summed E-state index contributed by atoms with van der Waals surface area (Å²) in [5, 5.41) is 0. The highest BCUT2D eigenvalue weighted by Crippen LogP contribution is 2.29. The van der Waals surface area contributed by atoms with E-state index in [2.05, 4.69) is 4.72 Å². The number of rotatable bonds is 6. The number of alkyl halides is 3. The summed E-state index contributed by atoms with van der Waals surface area (Å²) in [7, 11) is -2.50. The van der Waals surface area contributed by atoms with Crippen molar-refractivity contribution in [1.29, 1.82) is 0 Å². The van der Waals surface area contributed by atoms with Gasteiger partial charge in [-0.2, -0.15) is 13.2 Å². The normalized spacial score (nSPS) is 12.2. The van der Waals surface area contributed by atoms with Gasteiger partial charge in [-0.05, 0) is 48.9 Å². The Balaban J connectivity index is 2.41. The first-order chi connectivity index (χ1) is 12.1. The number of benzene rings is 2. The Hall–Kier alpha value is -2.23. The summed E-state index contributed by atoms with van der Waals surface area (Å²) in [5.41, 5.74) is 5.78. The minimum atomic E-state index is -4.43. The van der Waals surface area contributed by atoms with Gasteiger partial charge in [-0.15, -0.1) is 0 Å². The van der Waals surface area contributed by atoms with Crippen LogP contribution in [0.5, 0.6) is 0 Å². The van der Waals surface area contributed by atoms with Crippen LogP contribution in [0.3, 0.4) is 0 Å². The molecule has 0 fully saturated rings. The highest BCUT2D eigenvalue weighted by Gasteiger charge is 2.30. The molecule has 0 unspecified atom stereocenters. The van der Waals surface area contributed by atoms with Crippen LogP contribution in [0.1, 0.15) is 27.0 Å². The Morgan fingerprint density at radius 1 is 1.12 bits per heavy atom. The van der Waals surface area contributed by atoms with Crippen molar-refractivity contribution in [2.24, 2.45) is 5.73 Å². The van der Waals surface area contributed by atoms with Crippen LogP contribution in [0.2, 0.25) is 0 Å². The van der Waals surface area contributed by atoms with Gasteiger partial charge in [-0.25, -0.2) is 13.1 Å². The quantitative estimate of drug-likeness (QED) is 0.746. The number of carbonyl (C=O) groups is 1. The summed E-state index contributed by atoms with van der Waals surface area (Å²) in [6.07, 6.45) is -4.26. The molecule has 0 aliphatic carbocycles. The fourth-order valence-corrected chi connectivity index (χ4v) is 3.15. The van der Waals surface area contributed by atoms with Crippen molar-refractivity contribution >= 4 is 15.8 Å². The summed E-state index contributed by atoms with van der Waals surface area (Å²) in [6, 6.07) is 8.57. The number of hydrogen-bond acceptors (Lipinski definition) is 4. The Labute approximate surface area is 149 Å². The van der Waals surface area contributed by atoms with Gasteiger partial charge in [-0.1, -0.05) is 18.2 Å². The fraction of sp³-hybridized carbons (Fsp3) is 0.235. The molecule has 0 atom stereocenters. The van der Waals surface area contributed by atoms with Crippen molar-refractivity contribution in [1.82, 2.24) is 4.72 Å². The topological polar surface area (TPSA) is 89.3 Å². The first-order valence-corrected chi connectivity index (χ1v) is 9.02. The van der Waals surface area contributed by atoms with E-state index in [1.54, 1.807) is 0 Å². The van der Waals surface area contributed by atoms with Crippen molar-refractivity contribution in [2.45, 2.75) is 17.5 Å². The molecule has 0 aromatic heterocycles. The molecule has 0 spiro atoms. The Kier molecular flexibility index (Phi) is 5.84. The van der Waals surface area contributed by atoms with Crippen LogP contribution in [-0.4, -0.2) is 27.8 Å². The van der Waals surface area contributed by atoms with E-state index in [1.165, 1.54) is 37.4 Å². The highest BCUT2D eigenvalue weighted by molar-refractivity contribution is 7.89. The molecule has 2 aromatic rings. The molecule has 0 heterocycles. The zero-order valence-corrected chi connectivity index (χ0v) is 14.6. The van der Waals surface area contributed by atoms with E-state index in [0.29, 0.717) is 11.1 Å². The van der Waals surface area contributed by atoms with Crippen LogP contribution in [0.4, 0.5) is 13.2 Å². The van der Waals surface area contributed by atoms with Crippen LogP contribution in [0.15, 0.2) is 47.4 Å². The predicted molar refractivity (Wildman–Crippen MR) is 90.3 cm³/mol. The van der Waals surface area contributed by atoms with Crippen LogP contribution < -0.4 is 10.5 Å². The van der Waals surface area contributed by atoms with Crippen LogP contribution >= 0.6 is 0 Å². The van der Waals surface area contributed by atoms with E-state index in [1.807, 2.05) is 0 Å². The number of hydrogen-bond donors (Lipinski definition) is 2. The van der Waals surface area contributed by atoms with E-state index < -0.39 is 27.5 Å². The molecule has 26 heavy (non-hydrogen) atoms. The largest absolute Gasteiger partial charge is 0.416 e. The van der Waals surface area contributed by atoms with Crippen molar-refractivity contribution in [2.75, 3.05) is 13.6 Å². The maximum absolute atomic E-state index is 12.6. The number of nitrogens with one attached hydrogen (secondary N) is 1. The zero-order valence-electron chi connectivity index (χ0n) is 13.8. The maximum atomic E-state index is 12.6. The number of nitrogens with two attached hydrogens (primary N) is 1. The average Bonchev–Trinajstić information content (AvgIpc) is 2.61. The highest BCUT2D eigenvalue weighted by atomic mass is 32.2. The molecular formula is C17H17F3N2O3S. The van der Waals surface area contributed by atoms with Crippen molar-refractivity contribution in [3.63, 3.8) is 0 Å². The van der Waals surface area contributed by atoms with Gasteiger partial charge in [-0.3, -0.25) is 4.79 Å². The molecule has 0 radical (unpaired) electrons. The van der Waals surface area contributed by atoms with E-state index >= 15 is 0 Å². The smallest absolute Gasteiger partial charge is 0.324 e. The average molecular weight is 386 g/mol. The number of halogens is 3. The molecule has 0 aliphatic heterocycles. The number of carbonyl (C=O) groups excluding carboxylic acids is 1. The number of ketones is 1. The van der Waals surface area contributed by atoms with E-state index in [9.17, 15) is 26.4 Å². The lowest BCUT2D eigenvalue weighted by atomic mass is 9.96. The molecule has 0 aliphatic rings. The minimum absolute atomic E-state index is 0.0898. The van der Waals surface area contributed by atoms with E-state index in [-0.39, 0.29) is 23.4 Å². The molecule has 0 amide bonds. The van der Waals surface area contributed by atoms with Crippen LogP contribution in [-0.2, 0) is 22.6 Å². The lowest BCUT2D eigenvalue weighted by Gasteiger charge is -2.12. The van der Waals surface area contributed by atoms with Crippen molar-refractivity contribution < 1.29 is 26.4 Å². The standard InChI is InChI=1S/C17H17F3N2O3S/c1-22-26(24,25)14-7-4-12(15(9-14)16(23)10-21)8-11-2-5-13(6-3-11)17(18,19)20/h2-7,9,22H,8,10,21H2,1H3. The third-order valence-electron chi connectivity index (χ3n) is 3.82. The van der Waals surface area contributed by atoms with Gasteiger partial charge in [0.2, 0.25) is 10.0 Å². The SMILES string of the molecule is CNS(=O)(=O)c1ccc(Cc2ccc(C(F)(F)F)cc2)c(C(=O)CN)c1. The van der Waals surface area contributed by atoms with Crippen molar-refractivity contribution in [3.8, 4) is 0 Å². The molecule has 2 rings (SSSR count). The summed E-state index contributed by atoms with van der Waals surface area (Å²) in [4.78, 5) is 12.0. The molecule has 9 heteroatoms. The molecule has 2 aromatic carbocycles. The van der Waals surface area contributed by atoms with Gasteiger partial charge < -0.3 is 5.73 Å². The van der Waals surface area contributed by atoms with Gasteiger partial charge in [0.15, 0.2) is 5.78 Å². The van der Waals surface area contributed by atoms with Crippen LogP contribution in [0.25, 0.3) is 0 Å². The maximum Gasteiger partial charge on any atom is 0.416 e. The Morgan fingerprint density at radius 2 is 1.73 bits per heavy atom. The third-order valence-corrected chi connectivity index (χ3v) is 5.23. The number of Topliss-reactive ketones (excluding diaryl/α,β-unsaturated/α-hetero) is 1. The van der Waals surface area contributed by atoms with Gasteiger partial charge in [0.25, 0.3) is 0 Å². The monoisotopic (exact) mass is 386 g/mol. The Morgan fingerprint density at radius 3 is 2.23 bits per heavy atom. The molecule has 0 saturated heterocycles. The lowest BCUT2D eigenvalue weighted by molar-refractivity contribution is -0.137. The molecule has 140 valence electrons. The van der Waals surface area contributed by atoms with Crippen LogP contribution in [0, 0.1) is 0 Å². The second-order valence-corrected chi connectivity index (χ2v) is 7.41. The first-order valence-electron chi connectivity index (χ1n) is 7.54. The predicted octanol–water partition coefficient (Wildman–Crippen LogP) is 2.35. The summed E-state index contributed by atoms with van der Waals surface area (Å²) < 4.78 is 63.9. The number of sulfonamides is 1. The third kappa shape index (κ3) is 4.48. The van der Waals surface area contributed by atoms with E-state index in [4.69, 9.17) is 5.73 Å². The summed E-state index contributed by atoms with van der Waals surface area (Å²) in [6.45, 7) is -0.316. The second kappa shape index (κ2) is 7.56. The molecule has 5 nitrogen and oxygen atoms in total. The summed E-state index contributed by atoms with van der Waals surface area (Å²) in [5.74, 6) is -0.458. The van der Waals surface area contributed by atoms with Gasteiger partial charge in [0.1, 0.15) is 0 Å². The molecule has 0 bridgehead atoms.